The lowest BCUT2D eigenvalue weighted by molar-refractivity contribution is 0.372. The second-order valence-corrected chi connectivity index (χ2v) is 4.48. The zero-order valence-electron chi connectivity index (χ0n) is 10.4. The number of nitrogens with zero attached hydrogens (tertiary/aromatic N) is 3. The van der Waals surface area contributed by atoms with Crippen LogP contribution in [0.3, 0.4) is 0 Å². The molecule has 2 N–H and O–H groups in total. The van der Waals surface area contributed by atoms with Crippen LogP contribution >= 0.6 is 0 Å². The molecule has 0 spiro atoms. The third-order valence-electron chi connectivity index (χ3n) is 3.27. The standard InChI is InChI=1S/C13H16N4O/c1-2-11-15-12(18-16-11)8-17-7-6-9-4-3-5-10(14)13(9)17/h3-5H,2,6-8,14H2,1H3. The Balaban J connectivity index is 1.84. The average Bonchev–Trinajstić information content (AvgIpc) is 2.98. The minimum absolute atomic E-state index is 0.633. The minimum Gasteiger partial charge on any atom is -0.397 e. The second kappa shape index (κ2) is 4.33. The number of aromatic nitrogens is 2. The zero-order valence-corrected chi connectivity index (χ0v) is 10.4. The van der Waals surface area contributed by atoms with Gasteiger partial charge in [-0.2, -0.15) is 4.98 Å². The summed E-state index contributed by atoms with van der Waals surface area (Å²) < 4.78 is 5.23. The highest BCUT2D eigenvalue weighted by molar-refractivity contribution is 5.73. The molecule has 3 rings (SSSR count). The van der Waals surface area contributed by atoms with Crippen molar-refractivity contribution in [3.63, 3.8) is 0 Å². The van der Waals surface area contributed by atoms with Crippen LogP contribution in [0.2, 0.25) is 0 Å². The smallest absolute Gasteiger partial charge is 0.246 e. The largest absolute Gasteiger partial charge is 0.397 e. The highest BCUT2D eigenvalue weighted by Gasteiger charge is 2.23. The number of hydrogen-bond donors (Lipinski definition) is 1. The van der Waals surface area contributed by atoms with Gasteiger partial charge in [-0.25, -0.2) is 0 Å². The maximum absolute atomic E-state index is 6.04. The Morgan fingerprint density at radius 2 is 2.33 bits per heavy atom. The molecule has 0 radical (unpaired) electrons. The van der Waals surface area contributed by atoms with Crippen molar-refractivity contribution in [2.75, 3.05) is 17.2 Å². The molecule has 0 aliphatic carbocycles. The number of nitrogen functional groups attached to an aromatic ring is 1. The molecule has 1 aliphatic rings. The number of para-hydroxylation sites is 1. The van der Waals surface area contributed by atoms with Crippen molar-refractivity contribution in [2.45, 2.75) is 26.3 Å². The third-order valence-corrected chi connectivity index (χ3v) is 3.27. The summed E-state index contributed by atoms with van der Waals surface area (Å²) in [6.45, 7) is 3.60. The van der Waals surface area contributed by atoms with Crippen molar-refractivity contribution < 1.29 is 4.52 Å². The first-order valence-electron chi connectivity index (χ1n) is 6.21. The Labute approximate surface area is 106 Å². The van der Waals surface area contributed by atoms with E-state index in [0.29, 0.717) is 12.4 Å². The number of nitrogens with two attached hydrogens (primary N) is 1. The summed E-state index contributed by atoms with van der Waals surface area (Å²) in [4.78, 5) is 6.54. The molecule has 0 unspecified atom stereocenters. The summed E-state index contributed by atoms with van der Waals surface area (Å²) in [7, 11) is 0. The van der Waals surface area contributed by atoms with E-state index < -0.39 is 0 Å². The zero-order chi connectivity index (χ0) is 12.5. The fourth-order valence-corrected chi connectivity index (χ4v) is 2.39. The number of aryl methyl sites for hydroxylation is 1. The van der Waals surface area contributed by atoms with E-state index in [1.54, 1.807) is 0 Å². The van der Waals surface area contributed by atoms with Gasteiger partial charge in [0.25, 0.3) is 0 Å². The van der Waals surface area contributed by atoms with Crippen molar-refractivity contribution in [3.8, 4) is 0 Å². The predicted octanol–water partition coefficient (Wildman–Crippen LogP) is 1.78. The van der Waals surface area contributed by atoms with Crippen LogP contribution in [0.1, 0.15) is 24.2 Å². The van der Waals surface area contributed by atoms with E-state index in [4.69, 9.17) is 10.3 Å². The lowest BCUT2D eigenvalue weighted by Gasteiger charge is -2.18. The fourth-order valence-electron chi connectivity index (χ4n) is 2.39. The van der Waals surface area contributed by atoms with E-state index in [-0.39, 0.29) is 0 Å². The van der Waals surface area contributed by atoms with Crippen molar-refractivity contribution in [1.82, 2.24) is 10.1 Å². The molecule has 0 atom stereocenters. The van der Waals surface area contributed by atoms with Gasteiger partial charge in [0.2, 0.25) is 5.89 Å². The van der Waals surface area contributed by atoms with E-state index in [1.165, 1.54) is 5.56 Å². The van der Waals surface area contributed by atoms with E-state index in [0.717, 1.165) is 36.6 Å². The number of anilines is 2. The van der Waals surface area contributed by atoms with Crippen LogP contribution in [0.5, 0.6) is 0 Å². The lowest BCUT2D eigenvalue weighted by atomic mass is 10.1. The fraction of sp³-hybridized carbons (Fsp3) is 0.385. The molecular weight excluding hydrogens is 228 g/mol. The Morgan fingerprint density at radius 3 is 3.11 bits per heavy atom. The molecule has 0 saturated heterocycles. The van der Waals surface area contributed by atoms with Gasteiger partial charge in [0.05, 0.1) is 17.9 Å². The van der Waals surface area contributed by atoms with Crippen LogP contribution in [0.25, 0.3) is 0 Å². The molecule has 0 fully saturated rings. The average molecular weight is 244 g/mol. The Morgan fingerprint density at radius 1 is 1.44 bits per heavy atom. The van der Waals surface area contributed by atoms with E-state index >= 15 is 0 Å². The Bertz CT molecular complexity index is 564. The van der Waals surface area contributed by atoms with Crippen molar-refractivity contribution in [1.29, 1.82) is 0 Å². The number of hydrogen-bond acceptors (Lipinski definition) is 5. The molecule has 1 aromatic heterocycles. The molecule has 2 aromatic rings. The number of rotatable bonds is 3. The van der Waals surface area contributed by atoms with Gasteiger partial charge in [0, 0.05) is 13.0 Å². The number of fused-ring (bicyclic) bond motifs is 1. The van der Waals surface area contributed by atoms with Crippen LogP contribution in [0, 0.1) is 0 Å². The van der Waals surface area contributed by atoms with Gasteiger partial charge in [-0.3, -0.25) is 0 Å². The molecule has 1 aromatic carbocycles. The highest BCUT2D eigenvalue weighted by Crippen LogP contribution is 2.34. The van der Waals surface area contributed by atoms with Gasteiger partial charge in [0.1, 0.15) is 0 Å². The molecule has 94 valence electrons. The van der Waals surface area contributed by atoms with Gasteiger partial charge in [0.15, 0.2) is 5.82 Å². The molecule has 0 saturated carbocycles. The van der Waals surface area contributed by atoms with Crippen molar-refractivity contribution in [2.24, 2.45) is 0 Å². The van der Waals surface area contributed by atoms with Gasteiger partial charge < -0.3 is 15.2 Å². The molecule has 5 nitrogen and oxygen atoms in total. The van der Waals surface area contributed by atoms with Gasteiger partial charge in [-0.05, 0) is 18.1 Å². The predicted molar refractivity (Wildman–Crippen MR) is 69.3 cm³/mol. The van der Waals surface area contributed by atoms with E-state index in [1.807, 2.05) is 19.1 Å². The van der Waals surface area contributed by atoms with Gasteiger partial charge in [-0.1, -0.05) is 24.2 Å². The summed E-state index contributed by atoms with van der Waals surface area (Å²) in [6, 6.07) is 6.05. The minimum atomic E-state index is 0.633. The topological polar surface area (TPSA) is 68.2 Å². The summed E-state index contributed by atoms with van der Waals surface area (Å²) in [6.07, 6.45) is 1.82. The first-order chi connectivity index (χ1) is 8.78. The molecular formula is C13H16N4O. The SMILES string of the molecule is CCc1noc(CN2CCc3cccc(N)c32)n1. The Hall–Kier alpha value is -2.04. The van der Waals surface area contributed by atoms with Crippen LogP contribution in [-0.4, -0.2) is 16.7 Å². The quantitative estimate of drug-likeness (QED) is 0.833. The maximum atomic E-state index is 6.04. The molecule has 2 heterocycles. The lowest BCUT2D eigenvalue weighted by Crippen LogP contribution is -2.20. The summed E-state index contributed by atoms with van der Waals surface area (Å²) >= 11 is 0. The van der Waals surface area contributed by atoms with Crippen LogP contribution in [0.15, 0.2) is 22.7 Å². The normalized spacial score (nSPS) is 13.9. The molecule has 0 amide bonds. The van der Waals surface area contributed by atoms with Crippen LogP contribution < -0.4 is 10.6 Å². The van der Waals surface area contributed by atoms with Crippen molar-refractivity contribution in [3.05, 3.63) is 35.5 Å². The van der Waals surface area contributed by atoms with Crippen molar-refractivity contribution >= 4 is 11.4 Å². The highest BCUT2D eigenvalue weighted by atomic mass is 16.5. The summed E-state index contributed by atoms with van der Waals surface area (Å²) in [5.74, 6) is 1.41. The molecule has 1 aliphatic heterocycles. The second-order valence-electron chi connectivity index (χ2n) is 4.48. The third kappa shape index (κ3) is 1.81. The summed E-state index contributed by atoms with van der Waals surface area (Å²) in [5.41, 5.74) is 9.27. The van der Waals surface area contributed by atoms with Crippen LogP contribution in [0.4, 0.5) is 11.4 Å². The van der Waals surface area contributed by atoms with E-state index in [9.17, 15) is 0 Å². The first kappa shape index (κ1) is 11.1. The van der Waals surface area contributed by atoms with E-state index in [2.05, 4.69) is 21.1 Å². The Kier molecular flexibility index (Phi) is 2.66. The molecule has 0 bridgehead atoms. The van der Waals surface area contributed by atoms with Crippen LogP contribution in [-0.2, 0) is 19.4 Å². The number of benzene rings is 1. The summed E-state index contributed by atoms with van der Waals surface area (Å²) in [5, 5.41) is 3.91. The first-order valence-corrected chi connectivity index (χ1v) is 6.21. The maximum Gasteiger partial charge on any atom is 0.246 e. The van der Waals surface area contributed by atoms with Gasteiger partial charge >= 0.3 is 0 Å². The molecule has 5 heteroatoms. The molecule has 18 heavy (non-hydrogen) atoms. The monoisotopic (exact) mass is 244 g/mol. The van der Waals surface area contributed by atoms with Gasteiger partial charge in [-0.15, -0.1) is 0 Å².